The third-order valence-electron chi connectivity index (χ3n) is 3.62. The Bertz CT molecular complexity index is 540. The zero-order valence-electron chi connectivity index (χ0n) is 10.9. The van der Waals surface area contributed by atoms with E-state index in [2.05, 4.69) is 10.3 Å². The fraction of sp³-hybridized carbons (Fsp3) is 0.462. The van der Waals surface area contributed by atoms with Crippen molar-refractivity contribution in [3.63, 3.8) is 0 Å². The lowest BCUT2D eigenvalue weighted by Crippen LogP contribution is -2.46. The molecule has 0 bridgehead atoms. The third-order valence-corrected chi connectivity index (χ3v) is 3.62. The van der Waals surface area contributed by atoms with Gasteiger partial charge in [-0.2, -0.15) is 0 Å². The highest BCUT2D eigenvalue weighted by atomic mass is 16.4. The van der Waals surface area contributed by atoms with Gasteiger partial charge in [0, 0.05) is 6.20 Å². The monoisotopic (exact) mass is 263 g/mol. The summed E-state index contributed by atoms with van der Waals surface area (Å²) in [5, 5.41) is 12.3. The van der Waals surface area contributed by atoms with Crippen LogP contribution in [0.3, 0.4) is 0 Å². The van der Waals surface area contributed by atoms with Crippen LogP contribution in [-0.2, 0) is 4.79 Å². The molecule has 1 fully saturated rings. The molecule has 1 saturated carbocycles. The molecular formula is C13H17N3O3. The second-order valence-electron chi connectivity index (χ2n) is 5.12. The van der Waals surface area contributed by atoms with E-state index < -0.39 is 17.4 Å². The van der Waals surface area contributed by atoms with E-state index in [1.54, 1.807) is 19.9 Å². The van der Waals surface area contributed by atoms with Crippen molar-refractivity contribution < 1.29 is 14.7 Å². The van der Waals surface area contributed by atoms with E-state index in [9.17, 15) is 14.7 Å². The summed E-state index contributed by atoms with van der Waals surface area (Å²) in [4.78, 5) is 27.0. The van der Waals surface area contributed by atoms with Gasteiger partial charge in [0.15, 0.2) is 0 Å². The van der Waals surface area contributed by atoms with E-state index >= 15 is 0 Å². The number of primary amides is 1. The number of carboxylic acids is 1. The summed E-state index contributed by atoms with van der Waals surface area (Å²) >= 11 is 0. The zero-order valence-corrected chi connectivity index (χ0v) is 10.9. The number of nitrogens with zero attached hydrogens (tertiary/aromatic N) is 1. The molecule has 2 rings (SSSR count). The van der Waals surface area contributed by atoms with Gasteiger partial charge in [-0.3, -0.25) is 4.79 Å². The second-order valence-corrected chi connectivity index (χ2v) is 5.12. The number of hydrogen-bond donors (Lipinski definition) is 3. The van der Waals surface area contributed by atoms with Gasteiger partial charge >= 0.3 is 5.97 Å². The van der Waals surface area contributed by atoms with E-state index in [-0.39, 0.29) is 17.3 Å². The molecule has 1 amide bonds. The standard InChI is InChI=1S/C13H17N3O3/c1-7-5-6-15-11(9(7)10(14)17)16-13(2,12(18)19)8-3-4-8/h5-6,8H,3-4H2,1-2H3,(H2,14,17)(H,15,16)(H,18,19). The van der Waals surface area contributed by atoms with Crippen LogP contribution in [0.4, 0.5) is 5.82 Å². The molecule has 4 N–H and O–H groups in total. The average Bonchev–Trinajstić information content (AvgIpc) is 3.11. The minimum Gasteiger partial charge on any atom is -0.480 e. The molecule has 0 spiro atoms. The lowest BCUT2D eigenvalue weighted by atomic mass is 9.95. The average molecular weight is 263 g/mol. The van der Waals surface area contributed by atoms with E-state index in [1.807, 2.05) is 0 Å². The van der Waals surface area contributed by atoms with Crippen molar-refractivity contribution in [1.82, 2.24) is 4.98 Å². The molecule has 0 saturated heterocycles. The van der Waals surface area contributed by atoms with Crippen LogP contribution in [0.5, 0.6) is 0 Å². The predicted octanol–water partition coefficient (Wildman–Crippen LogP) is 1.15. The number of carbonyl (C=O) groups is 2. The van der Waals surface area contributed by atoms with Crippen molar-refractivity contribution in [3.8, 4) is 0 Å². The van der Waals surface area contributed by atoms with Gasteiger partial charge < -0.3 is 16.2 Å². The highest BCUT2D eigenvalue weighted by Gasteiger charge is 2.48. The lowest BCUT2D eigenvalue weighted by Gasteiger charge is -2.27. The van der Waals surface area contributed by atoms with Crippen LogP contribution in [0.2, 0.25) is 0 Å². The highest BCUT2D eigenvalue weighted by Crippen LogP contribution is 2.41. The van der Waals surface area contributed by atoms with Gasteiger partial charge in [0.25, 0.3) is 5.91 Å². The van der Waals surface area contributed by atoms with Gasteiger partial charge in [-0.15, -0.1) is 0 Å². The normalized spacial score (nSPS) is 17.6. The summed E-state index contributed by atoms with van der Waals surface area (Å²) in [6, 6.07) is 1.67. The van der Waals surface area contributed by atoms with E-state index in [0.29, 0.717) is 5.56 Å². The molecule has 1 aromatic rings. The third kappa shape index (κ3) is 2.38. The summed E-state index contributed by atoms with van der Waals surface area (Å²) in [5.41, 5.74) is 5.14. The molecule has 6 nitrogen and oxygen atoms in total. The number of aryl methyl sites for hydroxylation is 1. The number of aromatic nitrogens is 1. The van der Waals surface area contributed by atoms with Gasteiger partial charge in [0.1, 0.15) is 11.4 Å². The summed E-state index contributed by atoms with van der Waals surface area (Å²) in [6.07, 6.45) is 3.24. The highest BCUT2D eigenvalue weighted by molar-refractivity contribution is 5.99. The largest absolute Gasteiger partial charge is 0.480 e. The minimum atomic E-state index is -1.12. The van der Waals surface area contributed by atoms with Gasteiger partial charge in [-0.1, -0.05) is 0 Å². The zero-order chi connectivity index (χ0) is 14.2. The maximum Gasteiger partial charge on any atom is 0.329 e. The minimum absolute atomic E-state index is 0.0491. The Hall–Kier alpha value is -2.11. The first-order chi connectivity index (χ1) is 8.86. The van der Waals surface area contributed by atoms with E-state index in [0.717, 1.165) is 12.8 Å². The van der Waals surface area contributed by atoms with Gasteiger partial charge in [-0.05, 0) is 44.2 Å². The summed E-state index contributed by atoms with van der Waals surface area (Å²) in [5.74, 6) is -1.28. The molecule has 0 aliphatic heterocycles. The number of pyridine rings is 1. The number of hydrogen-bond acceptors (Lipinski definition) is 4. The number of rotatable bonds is 5. The number of nitrogens with two attached hydrogens (primary N) is 1. The molecule has 0 radical (unpaired) electrons. The van der Waals surface area contributed by atoms with Gasteiger partial charge in [-0.25, -0.2) is 9.78 Å². The number of carboxylic acid groups (broad SMARTS) is 1. The van der Waals surface area contributed by atoms with Crippen molar-refractivity contribution in [1.29, 1.82) is 0 Å². The molecule has 102 valence electrons. The Labute approximate surface area is 111 Å². The Morgan fingerprint density at radius 1 is 1.53 bits per heavy atom. The summed E-state index contributed by atoms with van der Waals surface area (Å²) in [7, 11) is 0. The van der Waals surface area contributed by atoms with Gasteiger partial charge in [0.2, 0.25) is 0 Å². The van der Waals surface area contributed by atoms with Crippen LogP contribution in [0.1, 0.15) is 35.7 Å². The number of carbonyl (C=O) groups excluding carboxylic acids is 1. The smallest absolute Gasteiger partial charge is 0.329 e. The lowest BCUT2D eigenvalue weighted by molar-refractivity contribution is -0.142. The van der Waals surface area contributed by atoms with Crippen LogP contribution in [0.25, 0.3) is 0 Å². The van der Waals surface area contributed by atoms with Crippen molar-refractivity contribution in [2.24, 2.45) is 11.7 Å². The maximum absolute atomic E-state index is 11.5. The van der Waals surface area contributed by atoms with Crippen molar-refractivity contribution in [3.05, 3.63) is 23.4 Å². The van der Waals surface area contributed by atoms with Crippen LogP contribution in [-0.4, -0.2) is 27.5 Å². The summed E-state index contributed by atoms with van der Waals surface area (Å²) in [6.45, 7) is 3.35. The van der Waals surface area contributed by atoms with Crippen molar-refractivity contribution >= 4 is 17.7 Å². The van der Waals surface area contributed by atoms with E-state index in [1.165, 1.54) is 6.20 Å². The van der Waals surface area contributed by atoms with Crippen LogP contribution < -0.4 is 11.1 Å². The molecular weight excluding hydrogens is 246 g/mol. The Balaban J connectivity index is 2.40. The predicted molar refractivity (Wildman–Crippen MR) is 69.9 cm³/mol. The summed E-state index contributed by atoms with van der Waals surface area (Å²) < 4.78 is 0. The first-order valence-corrected chi connectivity index (χ1v) is 6.13. The first-order valence-electron chi connectivity index (χ1n) is 6.13. The van der Waals surface area contributed by atoms with Crippen LogP contribution in [0, 0.1) is 12.8 Å². The molecule has 1 aliphatic carbocycles. The quantitative estimate of drug-likeness (QED) is 0.739. The Morgan fingerprint density at radius 2 is 2.16 bits per heavy atom. The number of nitrogens with one attached hydrogen (secondary N) is 1. The van der Waals surface area contributed by atoms with Crippen molar-refractivity contribution in [2.75, 3.05) is 5.32 Å². The van der Waals surface area contributed by atoms with Crippen LogP contribution >= 0.6 is 0 Å². The molecule has 1 unspecified atom stereocenters. The van der Waals surface area contributed by atoms with E-state index in [4.69, 9.17) is 5.73 Å². The molecule has 1 heterocycles. The SMILES string of the molecule is Cc1ccnc(NC(C)(C(=O)O)C2CC2)c1C(N)=O. The molecule has 1 aliphatic rings. The molecule has 0 aromatic carbocycles. The Morgan fingerprint density at radius 3 is 2.63 bits per heavy atom. The molecule has 1 atom stereocenters. The second kappa shape index (κ2) is 4.53. The molecule has 19 heavy (non-hydrogen) atoms. The number of aliphatic carboxylic acids is 1. The maximum atomic E-state index is 11.5. The number of amides is 1. The van der Waals surface area contributed by atoms with Crippen LogP contribution in [0.15, 0.2) is 12.3 Å². The van der Waals surface area contributed by atoms with Crippen molar-refractivity contribution in [2.45, 2.75) is 32.2 Å². The fourth-order valence-electron chi connectivity index (χ4n) is 2.20. The fourth-order valence-corrected chi connectivity index (χ4v) is 2.20. The Kier molecular flexibility index (Phi) is 3.18. The molecule has 6 heteroatoms. The topological polar surface area (TPSA) is 105 Å². The van der Waals surface area contributed by atoms with Gasteiger partial charge in [0.05, 0.1) is 5.56 Å². The molecule has 1 aromatic heterocycles. The first kappa shape index (κ1) is 13.3. The number of anilines is 1.